The molecule has 0 aliphatic carbocycles. The van der Waals surface area contributed by atoms with Crippen molar-refractivity contribution in [1.82, 2.24) is 35.7 Å². The van der Waals surface area contributed by atoms with Gasteiger partial charge in [0.2, 0.25) is 23.6 Å². The highest BCUT2D eigenvalue weighted by Gasteiger charge is 2.38. The van der Waals surface area contributed by atoms with E-state index in [9.17, 15) is 24.0 Å². The second-order valence-corrected chi connectivity index (χ2v) is 12.6. The lowest BCUT2D eigenvalue weighted by Gasteiger charge is -2.30. The van der Waals surface area contributed by atoms with Crippen molar-refractivity contribution in [1.29, 1.82) is 0 Å². The van der Waals surface area contributed by atoms with Crippen LogP contribution in [0.3, 0.4) is 0 Å². The van der Waals surface area contributed by atoms with Crippen LogP contribution in [0.25, 0.3) is 5.69 Å². The summed E-state index contributed by atoms with van der Waals surface area (Å²) >= 11 is 0. The molecular weight excluding hydrogens is 614 g/mol. The van der Waals surface area contributed by atoms with Crippen LogP contribution in [-0.4, -0.2) is 87.9 Å². The number of aromatic nitrogens is 2. The minimum absolute atomic E-state index is 0.0707. The maximum atomic E-state index is 13.7. The number of carbonyl (C=O) groups is 5. The molecule has 0 unspecified atom stereocenters. The molecule has 2 bridgehead atoms. The molecule has 0 spiro atoms. The van der Waals surface area contributed by atoms with Crippen LogP contribution in [0.4, 0.5) is 0 Å². The highest BCUT2D eigenvalue weighted by Crippen LogP contribution is 2.21. The van der Waals surface area contributed by atoms with Gasteiger partial charge in [0.05, 0.1) is 12.9 Å². The Morgan fingerprint density at radius 3 is 2.44 bits per heavy atom. The van der Waals surface area contributed by atoms with Crippen LogP contribution in [0, 0.1) is 5.92 Å². The molecule has 0 saturated carbocycles. The number of nitrogens with one attached hydrogen (secondary N) is 4. The molecule has 13 heteroatoms. The van der Waals surface area contributed by atoms with E-state index in [1.807, 2.05) is 18.4 Å². The van der Waals surface area contributed by atoms with Crippen LogP contribution in [0.2, 0.25) is 0 Å². The predicted molar refractivity (Wildman–Crippen MR) is 177 cm³/mol. The Kier molecular flexibility index (Phi) is 11.1. The molecule has 2 aromatic carbocycles. The predicted octanol–water partition coefficient (Wildman–Crippen LogP) is 1.75. The van der Waals surface area contributed by atoms with E-state index >= 15 is 0 Å². The maximum Gasteiger partial charge on any atom is 0.251 e. The number of amides is 5. The van der Waals surface area contributed by atoms with E-state index in [1.54, 1.807) is 67.3 Å². The molecular formula is C35H43N7O6. The summed E-state index contributed by atoms with van der Waals surface area (Å²) in [6.07, 6.45) is 6.80. The van der Waals surface area contributed by atoms with Crippen LogP contribution in [0.15, 0.2) is 67.3 Å². The van der Waals surface area contributed by atoms with Crippen LogP contribution in [0.1, 0.15) is 56.0 Å². The quantitative estimate of drug-likeness (QED) is 0.325. The van der Waals surface area contributed by atoms with Gasteiger partial charge >= 0.3 is 0 Å². The number of benzene rings is 2. The Hall–Kier alpha value is -5.20. The molecule has 3 aliphatic heterocycles. The molecule has 4 N–H and O–H groups in total. The molecule has 6 rings (SSSR count). The molecule has 0 radical (unpaired) electrons. The van der Waals surface area contributed by atoms with E-state index < -0.39 is 41.9 Å². The van der Waals surface area contributed by atoms with E-state index in [0.717, 1.165) is 11.3 Å². The Morgan fingerprint density at radius 1 is 1.00 bits per heavy atom. The van der Waals surface area contributed by atoms with Gasteiger partial charge in [-0.2, -0.15) is 0 Å². The first-order chi connectivity index (χ1) is 23.1. The third-order valence-corrected chi connectivity index (χ3v) is 8.50. The van der Waals surface area contributed by atoms with Gasteiger partial charge < -0.3 is 35.5 Å². The summed E-state index contributed by atoms with van der Waals surface area (Å²) in [6.45, 7) is 6.30. The average molecular weight is 658 g/mol. The Morgan fingerprint density at radius 2 is 1.75 bits per heavy atom. The van der Waals surface area contributed by atoms with Crippen LogP contribution in [-0.2, 0) is 25.6 Å². The topological polar surface area (TPSA) is 164 Å². The Balaban J connectivity index is 1.37. The number of carbonyl (C=O) groups excluding carboxylic acids is 5. The lowest BCUT2D eigenvalue weighted by atomic mass is 10.0. The van der Waals surface area contributed by atoms with Gasteiger partial charge in [-0.1, -0.05) is 26.0 Å². The SMILES string of the molecule is CC(C)C[C@@H]1NC(=O)[C@@H](C)NC(=O)[C@@H](NC(=O)c2ccc(-n3ccnc3)cc2)Cc2ccc(cc2)OCCNC(=O)[C@H]2CCCN2C1=O. The lowest BCUT2D eigenvalue weighted by molar-refractivity contribution is -0.142. The highest BCUT2D eigenvalue weighted by atomic mass is 16.5. The van der Waals surface area contributed by atoms with Gasteiger partial charge in [-0.15, -0.1) is 0 Å². The molecule has 4 atom stereocenters. The van der Waals surface area contributed by atoms with Crippen molar-refractivity contribution in [3.05, 3.63) is 78.4 Å². The van der Waals surface area contributed by atoms with Crippen molar-refractivity contribution < 1.29 is 28.7 Å². The molecule has 13 nitrogen and oxygen atoms in total. The zero-order valence-electron chi connectivity index (χ0n) is 27.5. The third-order valence-electron chi connectivity index (χ3n) is 8.50. The fourth-order valence-corrected chi connectivity index (χ4v) is 5.94. The smallest absolute Gasteiger partial charge is 0.251 e. The summed E-state index contributed by atoms with van der Waals surface area (Å²) in [6, 6.07) is 10.4. The van der Waals surface area contributed by atoms with E-state index in [2.05, 4.69) is 26.3 Å². The Labute approximate surface area is 279 Å². The minimum Gasteiger partial charge on any atom is -0.492 e. The first-order valence-electron chi connectivity index (χ1n) is 16.4. The van der Waals surface area contributed by atoms with Gasteiger partial charge in [-0.25, -0.2) is 4.98 Å². The van der Waals surface area contributed by atoms with Crippen molar-refractivity contribution in [3.8, 4) is 11.4 Å². The first kappa shape index (κ1) is 34.1. The van der Waals surface area contributed by atoms with Gasteiger partial charge in [0, 0.05) is 36.6 Å². The average Bonchev–Trinajstić information content (AvgIpc) is 3.79. The van der Waals surface area contributed by atoms with Gasteiger partial charge in [0.25, 0.3) is 5.91 Å². The van der Waals surface area contributed by atoms with Crippen molar-refractivity contribution in [2.24, 2.45) is 5.92 Å². The number of fused-ring (bicyclic) bond motifs is 14. The normalized spacial score (nSPS) is 22.7. The zero-order valence-corrected chi connectivity index (χ0v) is 27.5. The van der Waals surface area contributed by atoms with Gasteiger partial charge in [0.15, 0.2) is 0 Å². The monoisotopic (exact) mass is 657 g/mol. The van der Waals surface area contributed by atoms with Crippen molar-refractivity contribution in [2.75, 3.05) is 19.7 Å². The third kappa shape index (κ3) is 8.58. The molecule has 4 heterocycles. The largest absolute Gasteiger partial charge is 0.492 e. The van der Waals surface area contributed by atoms with Gasteiger partial charge in [0.1, 0.15) is 36.5 Å². The number of rotatable bonds is 5. The minimum atomic E-state index is -1.02. The summed E-state index contributed by atoms with van der Waals surface area (Å²) in [7, 11) is 0. The molecule has 254 valence electrons. The maximum absolute atomic E-state index is 13.7. The lowest BCUT2D eigenvalue weighted by Crippen LogP contribution is -2.58. The first-order valence-corrected chi connectivity index (χ1v) is 16.4. The standard InChI is InChI=1S/C35H43N7O6/c1-22(2)19-29-35(47)42-16-4-5-30(42)34(46)37-15-18-48-27-12-6-24(7-13-27)20-28(33(45)38-23(3)31(43)40-29)39-32(44)25-8-10-26(11-9-25)41-17-14-36-21-41/h6-14,17,21-23,28-30H,4-5,15-16,18-20H2,1-3H3,(H,37,46)(H,38,45)(H,39,44)(H,40,43)/t23-,28+,29+,30-/m1/s1. The summed E-state index contributed by atoms with van der Waals surface area (Å²) < 4.78 is 7.63. The van der Waals surface area contributed by atoms with Crippen molar-refractivity contribution >= 4 is 29.5 Å². The van der Waals surface area contributed by atoms with E-state index in [1.165, 1.54) is 11.8 Å². The highest BCUT2D eigenvalue weighted by molar-refractivity contribution is 5.99. The number of hydrogen-bond acceptors (Lipinski definition) is 7. The summed E-state index contributed by atoms with van der Waals surface area (Å²) in [4.78, 5) is 72.8. The second kappa shape index (κ2) is 15.6. The van der Waals surface area contributed by atoms with Crippen LogP contribution >= 0.6 is 0 Å². The van der Waals surface area contributed by atoms with Crippen molar-refractivity contribution in [3.63, 3.8) is 0 Å². The number of imidazole rings is 1. The fourth-order valence-electron chi connectivity index (χ4n) is 5.94. The molecule has 5 amide bonds. The summed E-state index contributed by atoms with van der Waals surface area (Å²) in [5, 5.41) is 11.3. The molecule has 48 heavy (non-hydrogen) atoms. The van der Waals surface area contributed by atoms with E-state index in [-0.39, 0.29) is 37.3 Å². The zero-order chi connectivity index (χ0) is 34.2. The number of nitrogens with zero attached hydrogens (tertiary/aromatic N) is 3. The van der Waals surface area contributed by atoms with Crippen LogP contribution < -0.4 is 26.0 Å². The number of hydrogen-bond donors (Lipinski definition) is 4. The summed E-state index contributed by atoms with van der Waals surface area (Å²) in [5.41, 5.74) is 1.93. The number of ether oxygens (including phenoxy) is 1. The molecule has 3 aromatic rings. The molecule has 1 saturated heterocycles. The van der Waals surface area contributed by atoms with Crippen LogP contribution in [0.5, 0.6) is 5.75 Å². The van der Waals surface area contributed by atoms with E-state index in [4.69, 9.17) is 4.74 Å². The molecule has 1 aromatic heterocycles. The van der Waals surface area contributed by atoms with Crippen molar-refractivity contribution in [2.45, 2.75) is 70.6 Å². The van der Waals surface area contributed by atoms with E-state index in [0.29, 0.717) is 37.1 Å². The molecule has 1 fully saturated rings. The van der Waals surface area contributed by atoms with Gasteiger partial charge in [-0.3, -0.25) is 24.0 Å². The Bertz CT molecular complexity index is 1590. The molecule has 3 aliphatic rings. The fraction of sp³-hybridized carbons (Fsp3) is 0.429. The second-order valence-electron chi connectivity index (χ2n) is 12.6. The van der Waals surface area contributed by atoms with Gasteiger partial charge in [-0.05, 0) is 74.1 Å². The summed E-state index contributed by atoms with van der Waals surface area (Å²) in [5.74, 6) is -1.50.